The van der Waals surface area contributed by atoms with E-state index >= 15 is 0 Å². The highest BCUT2D eigenvalue weighted by molar-refractivity contribution is 9.10. The van der Waals surface area contributed by atoms with E-state index in [2.05, 4.69) is 15.9 Å². The third-order valence-corrected chi connectivity index (χ3v) is 3.06. The van der Waals surface area contributed by atoms with Crippen molar-refractivity contribution in [2.45, 2.75) is 20.3 Å². The third-order valence-electron chi connectivity index (χ3n) is 2.40. The zero-order valence-electron chi connectivity index (χ0n) is 11.0. The van der Waals surface area contributed by atoms with Gasteiger partial charge in [0.2, 0.25) is 5.78 Å². The van der Waals surface area contributed by atoms with Gasteiger partial charge in [0.25, 0.3) is 0 Å². The van der Waals surface area contributed by atoms with Gasteiger partial charge < -0.3 is 4.74 Å². The predicted octanol–water partition coefficient (Wildman–Crippen LogP) is 3.81. The number of halogens is 3. The van der Waals surface area contributed by atoms with Crippen LogP contribution in [0.5, 0.6) is 0 Å². The van der Waals surface area contributed by atoms with Gasteiger partial charge in [-0.05, 0) is 41.4 Å². The number of Topliss-reactive ketones (excluding diaryl/α,β-unsaturated/α-hetero) is 1. The number of hydrogen-bond acceptors (Lipinski definition) is 3. The fraction of sp³-hybridized carbons (Fsp3) is 0.286. The Balaban J connectivity index is 3.23. The van der Waals surface area contributed by atoms with Crippen LogP contribution in [0.25, 0.3) is 0 Å². The molecule has 1 rings (SSSR count). The lowest BCUT2D eigenvalue weighted by Crippen LogP contribution is -2.17. The van der Waals surface area contributed by atoms with E-state index in [1.165, 1.54) is 6.08 Å². The Hall–Kier alpha value is -1.56. The number of rotatable bonds is 5. The standard InChI is InChI=1S/C14H13BrF2O3/c1-3-5-8(14(19)20-4-2)13(18)9-6-11(16)12(17)7-10(9)15/h5-7H,3-4H2,1-2H3. The first-order valence-corrected chi connectivity index (χ1v) is 6.78. The highest BCUT2D eigenvalue weighted by atomic mass is 79.9. The summed E-state index contributed by atoms with van der Waals surface area (Å²) < 4.78 is 31.1. The summed E-state index contributed by atoms with van der Waals surface area (Å²) in [6.07, 6.45) is 1.83. The summed E-state index contributed by atoms with van der Waals surface area (Å²) in [5.74, 6) is -3.73. The molecule has 20 heavy (non-hydrogen) atoms. The Labute approximate surface area is 123 Å². The molecule has 0 saturated heterocycles. The topological polar surface area (TPSA) is 43.4 Å². The van der Waals surface area contributed by atoms with Gasteiger partial charge in [-0.15, -0.1) is 0 Å². The van der Waals surface area contributed by atoms with E-state index in [9.17, 15) is 18.4 Å². The Morgan fingerprint density at radius 3 is 2.40 bits per heavy atom. The van der Waals surface area contributed by atoms with E-state index in [0.29, 0.717) is 6.42 Å². The minimum Gasteiger partial charge on any atom is -0.462 e. The van der Waals surface area contributed by atoms with E-state index < -0.39 is 23.4 Å². The van der Waals surface area contributed by atoms with Crippen molar-refractivity contribution in [1.82, 2.24) is 0 Å². The van der Waals surface area contributed by atoms with Crippen molar-refractivity contribution in [2.75, 3.05) is 6.61 Å². The molecule has 0 saturated carbocycles. The molecule has 3 nitrogen and oxygen atoms in total. The van der Waals surface area contributed by atoms with Crippen LogP contribution in [0.3, 0.4) is 0 Å². The quantitative estimate of drug-likeness (QED) is 0.203. The Morgan fingerprint density at radius 1 is 1.25 bits per heavy atom. The van der Waals surface area contributed by atoms with Crippen LogP contribution < -0.4 is 0 Å². The van der Waals surface area contributed by atoms with Crippen molar-refractivity contribution < 1.29 is 23.1 Å². The van der Waals surface area contributed by atoms with Crippen LogP contribution in [0.1, 0.15) is 30.6 Å². The van der Waals surface area contributed by atoms with Crippen LogP contribution >= 0.6 is 15.9 Å². The minimum absolute atomic E-state index is 0.0766. The van der Waals surface area contributed by atoms with Crippen molar-refractivity contribution in [3.63, 3.8) is 0 Å². The SMILES string of the molecule is CCC=C(C(=O)OCC)C(=O)c1cc(F)c(F)cc1Br. The molecule has 0 heterocycles. The van der Waals surface area contributed by atoms with E-state index in [-0.39, 0.29) is 22.2 Å². The average molecular weight is 347 g/mol. The van der Waals surface area contributed by atoms with Gasteiger partial charge in [-0.3, -0.25) is 4.79 Å². The number of carbonyl (C=O) groups is 2. The summed E-state index contributed by atoms with van der Waals surface area (Å²) >= 11 is 2.98. The van der Waals surface area contributed by atoms with Crippen molar-refractivity contribution in [3.8, 4) is 0 Å². The molecule has 0 N–H and O–H groups in total. The summed E-state index contributed by atoms with van der Waals surface area (Å²) in [6.45, 7) is 3.47. The molecule has 0 spiro atoms. The van der Waals surface area contributed by atoms with E-state index in [4.69, 9.17) is 4.74 Å². The van der Waals surface area contributed by atoms with Crippen molar-refractivity contribution in [3.05, 3.63) is 45.5 Å². The molecule has 0 amide bonds. The van der Waals surface area contributed by atoms with Crippen LogP contribution in [0.15, 0.2) is 28.3 Å². The molecule has 0 aliphatic heterocycles. The highest BCUT2D eigenvalue weighted by Gasteiger charge is 2.23. The molecule has 0 aromatic heterocycles. The maximum atomic E-state index is 13.2. The molecule has 0 fully saturated rings. The van der Waals surface area contributed by atoms with Gasteiger partial charge in [-0.1, -0.05) is 13.0 Å². The molecule has 0 atom stereocenters. The molecule has 108 valence electrons. The first-order chi connectivity index (χ1) is 9.42. The molecule has 1 aromatic rings. The Morgan fingerprint density at radius 2 is 1.85 bits per heavy atom. The van der Waals surface area contributed by atoms with E-state index in [1.54, 1.807) is 13.8 Å². The summed E-state index contributed by atoms with van der Waals surface area (Å²) in [6, 6.07) is 1.60. The molecule has 1 aromatic carbocycles. The van der Waals surface area contributed by atoms with Gasteiger partial charge in [-0.2, -0.15) is 0 Å². The monoisotopic (exact) mass is 346 g/mol. The number of benzene rings is 1. The van der Waals surface area contributed by atoms with Gasteiger partial charge >= 0.3 is 5.97 Å². The lowest BCUT2D eigenvalue weighted by atomic mass is 10.0. The normalized spacial score (nSPS) is 11.3. The van der Waals surface area contributed by atoms with Crippen LogP contribution in [-0.2, 0) is 9.53 Å². The van der Waals surface area contributed by atoms with Crippen molar-refractivity contribution in [1.29, 1.82) is 0 Å². The first kappa shape index (κ1) is 16.5. The molecule has 0 radical (unpaired) electrons. The minimum atomic E-state index is -1.16. The highest BCUT2D eigenvalue weighted by Crippen LogP contribution is 2.24. The predicted molar refractivity (Wildman–Crippen MR) is 73.4 cm³/mol. The van der Waals surface area contributed by atoms with Crippen LogP contribution in [-0.4, -0.2) is 18.4 Å². The van der Waals surface area contributed by atoms with Gasteiger partial charge in [-0.25, -0.2) is 13.6 Å². The molecule has 0 aliphatic rings. The number of ketones is 1. The lowest BCUT2D eigenvalue weighted by molar-refractivity contribution is -0.138. The van der Waals surface area contributed by atoms with Crippen molar-refractivity contribution >= 4 is 27.7 Å². The maximum absolute atomic E-state index is 13.2. The summed E-state index contributed by atoms with van der Waals surface area (Å²) in [5, 5.41) is 0. The summed E-state index contributed by atoms with van der Waals surface area (Å²) in [4.78, 5) is 24.0. The Kier molecular flexibility index (Phi) is 6.01. The van der Waals surface area contributed by atoms with Gasteiger partial charge in [0.15, 0.2) is 11.6 Å². The third kappa shape index (κ3) is 3.72. The Bertz CT molecular complexity index is 568. The van der Waals surface area contributed by atoms with Gasteiger partial charge in [0, 0.05) is 10.0 Å². The van der Waals surface area contributed by atoms with E-state index in [0.717, 1.165) is 12.1 Å². The van der Waals surface area contributed by atoms with Crippen molar-refractivity contribution in [2.24, 2.45) is 0 Å². The second-order valence-electron chi connectivity index (χ2n) is 3.82. The first-order valence-electron chi connectivity index (χ1n) is 5.98. The number of allylic oxidation sites excluding steroid dienone is 1. The van der Waals surface area contributed by atoms with Crippen LogP contribution in [0, 0.1) is 11.6 Å². The largest absolute Gasteiger partial charge is 0.462 e. The second kappa shape index (κ2) is 7.28. The van der Waals surface area contributed by atoms with Crippen LogP contribution in [0.4, 0.5) is 8.78 Å². The number of hydrogen-bond donors (Lipinski definition) is 0. The molecule has 0 unspecified atom stereocenters. The average Bonchev–Trinajstić information content (AvgIpc) is 2.39. The van der Waals surface area contributed by atoms with Gasteiger partial charge in [0.1, 0.15) is 5.57 Å². The molecular formula is C14H13BrF2O3. The molecule has 0 aliphatic carbocycles. The second-order valence-corrected chi connectivity index (χ2v) is 4.68. The zero-order chi connectivity index (χ0) is 15.3. The molecular weight excluding hydrogens is 334 g/mol. The van der Waals surface area contributed by atoms with Gasteiger partial charge in [0.05, 0.1) is 6.61 Å². The summed E-state index contributed by atoms with van der Waals surface area (Å²) in [7, 11) is 0. The smallest absolute Gasteiger partial charge is 0.341 e. The number of carbonyl (C=O) groups excluding carboxylic acids is 2. The van der Waals surface area contributed by atoms with Crippen LogP contribution in [0.2, 0.25) is 0 Å². The number of esters is 1. The maximum Gasteiger partial charge on any atom is 0.341 e. The lowest BCUT2D eigenvalue weighted by Gasteiger charge is -2.08. The molecule has 0 bridgehead atoms. The fourth-order valence-corrected chi connectivity index (χ4v) is 2.02. The van der Waals surface area contributed by atoms with E-state index in [1.807, 2.05) is 0 Å². The zero-order valence-corrected chi connectivity index (χ0v) is 12.6. The number of ether oxygens (including phenoxy) is 1. The fourth-order valence-electron chi connectivity index (χ4n) is 1.52. The molecule has 6 heteroatoms. The summed E-state index contributed by atoms with van der Waals surface area (Å²) in [5.41, 5.74) is -0.322.